The Kier molecular flexibility index (Phi) is 6.35. The third kappa shape index (κ3) is 4.83. The number of ether oxygens (including phenoxy) is 1. The van der Waals surface area contributed by atoms with E-state index in [1.165, 1.54) is 32.9 Å². The summed E-state index contributed by atoms with van der Waals surface area (Å²) in [7, 11) is 1.57. The van der Waals surface area contributed by atoms with E-state index < -0.39 is 35.1 Å². The summed E-state index contributed by atoms with van der Waals surface area (Å²) in [4.78, 5) is 32.6. The number of halogens is 2. The number of thiazole rings is 1. The highest BCUT2D eigenvalue weighted by atomic mass is 32.1. The first-order valence-electron chi connectivity index (χ1n) is 12.5. The number of imidazole rings is 1. The maximum atomic E-state index is 14.4. The van der Waals surface area contributed by atoms with Crippen molar-refractivity contribution in [2.24, 2.45) is 0 Å². The second-order valence-corrected chi connectivity index (χ2v) is 10.9. The molecule has 3 aromatic heterocycles. The average molecular weight is 580 g/mol. The summed E-state index contributed by atoms with van der Waals surface area (Å²) in [5.41, 5.74) is 0.964. The van der Waals surface area contributed by atoms with Crippen LogP contribution in [-0.2, 0) is 10.4 Å². The highest BCUT2D eigenvalue weighted by Gasteiger charge is 2.32. The number of likely N-dealkylation sites (N-methyl/N-ethyl adjacent to an activating group) is 1. The minimum Gasteiger partial charge on any atom is -0.489 e. The van der Waals surface area contributed by atoms with Crippen LogP contribution in [0.5, 0.6) is 5.75 Å². The summed E-state index contributed by atoms with van der Waals surface area (Å²) < 4.78 is 40.5. The number of aliphatic hydroxyl groups is 1. The van der Waals surface area contributed by atoms with Crippen LogP contribution in [0.25, 0.3) is 27.5 Å². The number of hydrogen-bond acceptors (Lipinski definition) is 8. The minimum atomic E-state index is -1.21. The fourth-order valence-electron chi connectivity index (χ4n) is 4.48. The number of carbonyl (C=O) groups is 2. The molecule has 5 aromatic rings. The maximum absolute atomic E-state index is 14.4. The molecule has 6 rings (SSSR count). The van der Waals surface area contributed by atoms with Crippen molar-refractivity contribution in [3.63, 3.8) is 0 Å². The molecule has 0 aliphatic carbocycles. The number of rotatable bonds is 5. The predicted octanol–water partition coefficient (Wildman–Crippen LogP) is 4.38. The molecular formula is C28H23F2N5O5S. The van der Waals surface area contributed by atoms with Gasteiger partial charge in [0, 0.05) is 41.9 Å². The Morgan fingerprint density at radius 2 is 2.00 bits per heavy atom. The summed E-state index contributed by atoms with van der Waals surface area (Å²) in [5.74, 6) is -1.74. The Morgan fingerprint density at radius 3 is 2.73 bits per heavy atom. The lowest BCUT2D eigenvalue weighted by Gasteiger charge is -2.20. The van der Waals surface area contributed by atoms with Gasteiger partial charge in [-0.1, -0.05) is 5.16 Å². The highest BCUT2D eigenvalue weighted by Crippen LogP contribution is 2.36. The molecule has 0 bridgehead atoms. The first-order chi connectivity index (χ1) is 19.5. The molecule has 210 valence electrons. The Hall–Kier alpha value is -4.62. The van der Waals surface area contributed by atoms with Crippen LogP contribution in [-0.4, -0.2) is 51.2 Å². The van der Waals surface area contributed by atoms with Crippen LogP contribution in [0.1, 0.15) is 30.1 Å². The number of anilines is 1. The van der Waals surface area contributed by atoms with Crippen molar-refractivity contribution in [1.29, 1.82) is 0 Å². The maximum Gasteiger partial charge on any atom is 0.272 e. The van der Waals surface area contributed by atoms with Gasteiger partial charge in [0.25, 0.3) is 11.8 Å². The summed E-state index contributed by atoms with van der Waals surface area (Å²) in [6.45, 7) is 3.04. The van der Waals surface area contributed by atoms with E-state index in [-0.39, 0.29) is 17.9 Å². The molecule has 4 heterocycles. The molecule has 1 atom stereocenters. The minimum absolute atomic E-state index is 0.0220. The molecule has 2 aromatic carbocycles. The molecular weight excluding hydrogens is 556 g/mol. The van der Waals surface area contributed by atoms with Crippen molar-refractivity contribution in [1.82, 2.24) is 19.9 Å². The molecule has 0 radical (unpaired) electrons. The van der Waals surface area contributed by atoms with E-state index in [0.717, 1.165) is 12.1 Å². The lowest BCUT2D eigenvalue weighted by Crippen LogP contribution is -2.49. The molecule has 1 aliphatic heterocycles. The van der Waals surface area contributed by atoms with Gasteiger partial charge in [0.05, 0.1) is 11.4 Å². The first-order valence-corrected chi connectivity index (χ1v) is 13.3. The Balaban J connectivity index is 1.22. The smallest absolute Gasteiger partial charge is 0.272 e. The topological polar surface area (TPSA) is 122 Å². The van der Waals surface area contributed by atoms with E-state index >= 15 is 0 Å². The zero-order valence-electron chi connectivity index (χ0n) is 22.0. The average Bonchev–Trinajstić information content (AvgIpc) is 3.65. The van der Waals surface area contributed by atoms with Gasteiger partial charge < -0.3 is 24.6 Å². The van der Waals surface area contributed by atoms with E-state index in [1.807, 2.05) is 0 Å². The zero-order chi connectivity index (χ0) is 29.1. The van der Waals surface area contributed by atoms with Crippen molar-refractivity contribution in [2.45, 2.75) is 25.5 Å². The number of carbonyl (C=O) groups excluding carboxylic acids is 2. The van der Waals surface area contributed by atoms with Gasteiger partial charge in [-0.3, -0.25) is 14.0 Å². The van der Waals surface area contributed by atoms with E-state index in [1.54, 1.807) is 50.5 Å². The van der Waals surface area contributed by atoms with Crippen molar-refractivity contribution < 1.29 is 32.7 Å². The van der Waals surface area contributed by atoms with Crippen LogP contribution in [0.3, 0.4) is 0 Å². The molecule has 2 N–H and O–H groups in total. The SMILES string of the molecule is CN1C(=O)[C@@H](NC(=O)c2cn3c(-c4ccc(F)cc4F)csc3n2)COc2ccc(-c3cc(C(C)(C)O)on3)cc21. The molecule has 0 spiro atoms. The number of fused-ring (bicyclic) bond motifs is 2. The lowest BCUT2D eigenvalue weighted by molar-refractivity contribution is -0.120. The Bertz CT molecular complexity index is 1820. The van der Waals surface area contributed by atoms with Crippen molar-refractivity contribution in [3.05, 3.63) is 77.1 Å². The standard InChI is InChI=1S/C28H23F2N5O5S/c1-28(2,38)24-10-18(33-40-24)14-4-7-23-21(8-14)34(3)26(37)20(12-39-23)31-25(36)19-11-35-22(13-41-27(35)32-19)16-6-5-15(29)9-17(16)30/h4-11,13,20,38H,12H2,1-3H3,(H,31,36)/t20-/m0/s1. The summed E-state index contributed by atoms with van der Waals surface area (Å²) in [6.07, 6.45) is 1.44. The third-order valence-electron chi connectivity index (χ3n) is 6.72. The normalized spacial score (nSPS) is 15.5. The fourth-order valence-corrected chi connectivity index (χ4v) is 5.35. The Morgan fingerprint density at radius 1 is 1.20 bits per heavy atom. The summed E-state index contributed by atoms with van der Waals surface area (Å²) in [6, 6.07) is 9.02. The highest BCUT2D eigenvalue weighted by molar-refractivity contribution is 7.15. The van der Waals surface area contributed by atoms with E-state index in [2.05, 4.69) is 15.5 Å². The molecule has 2 amide bonds. The molecule has 0 unspecified atom stereocenters. The van der Waals surface area contributed by atoms with Crippen LogP contribution in [0.15, 0.2) is 58.6 Å². The lowest BCUT2D eigenvalue weighted by atomic mass is 10.0. The second-order valence-electron chi connectivity index (χ2n) is 10.1. The number of nitrogens with zero attached hydrogens (tertiary/aromatic N) is 4. The first kappa shape index (κ1) is 26.6. The number of hydrogen-bond donors (Lipinski definition) is 2. The summed E-state index contributed by atoms with van der Waals surface area (Å²) in [5, 5.41) is 18.5. The molecule has 10 nitrogen and oxygen atoms in total. The fraction of sp³-hybridized carbons (Fsp3) is 0.214. The van der Waals surface area contributed by atoms with Gasteiger partial charge in [-0.05, 0) is 44.2 Å². The zero-order valence-corrected chi connectivity index (χ0v) is 22.8. The van der Waals surface area contributed by atoms with E-state index in [0.29, 0.717) is 39.1 Å². The number of benzene rings is 2. The van der Waals surface area contributed by atoms with Gasteiger partial charge in [-0.2, -0.15) is 0 Å². The quantitative estimate of drug-likeness (QED) is 0.317. The van der Waals surface area contributed by atoms with Gasteiger partial charge in [0.2, 0.25) is 0 Å². The monoisotopic (exact) mass is 579 g/mol. The van der Waals surface area contributed by atoms with Crippen molar-refractivity contribution in [2.75, 3.05) is 18.6 Å². The molecule has 13 heteroatoms. The number of nitrogens with one attached hydrogen (secondary N) is 1. The van der Waals surface area contributed by atoms with Gasteiger partial charge in [-0.25, -0.2) is 13.8 Å². The van der Waals surface area contributed by atoms with Crippen LogP contribution < -0.4 is 15.0 Å². The third-order valence-corrected chi connectivity index (χ3v) is 7.56. The van der Waals surface area contributed by atoms with E-state index in [4.69, 9.17) is 9.26 Å². The molecule has 0 saturated carbocycles. The van der Waals surface area contributed by atoms with E-state index in [9.17, 15) is 23.5 Å². The van der Waals surface area contributed by atoms with Crippen LogP contribution in [0.4, 0.5) is 14.5 Å². The number of aromatic nitrogens is 3. The summed E-state index contributed by atoms with van der Waals surface area (Å²) >= 11 is 1.19. The second kappa shape index (κ2) is 9.78. The number of amides is 2. The van der Waals surface area contributed by atoms with Gasteiger partial charge >= 0.3 is 0 Å². The Labute approximate surface area is 235 Å². The predicted molar refractivity (Wildman–Crippen MR) is 146 cm³/mol. The van der Waals surface area contributed by atoms with Gasteiger partial charge in [-0.15, -0.1) is 11.3 Å². The van der Waals surface area contributed by atoms with Crippen LogP contribution >= 0.6 is 11.3 Å². The molecule has 0 fully saturated rings. The van der Waals surface area contributed by atoms with Gasteiger partial charge in [0.15, 0.2) is 10.7 Å². The molecule has 0 saturated heterocycles. The van der Waals surface area contributed by atoms with Gasteiger partial charge in [0.1, 0.15) is 47.0 Å². The largest absolute Gasteiger partial charge is 0.489 e. The van der Waals surface area contributed by atoms with Crippen LogP contribution in [0.2, 0.25) is 0 Å². The van der Waals surface area contributed by atoms with Crippen molar-refractivity contribution >= 4 is 33.8 Å². The molecule has 41 heavy (non-hydrogen) atoms. The van der Waals surface area contributed by atoms with Crippen LogP contribution in [0, 0.1) is 11.6 Å². The van der Waals surface area contributed by atoms with Crippen molar-refractivity contribution in [3.8, 4) is 28.3 Å². The molecule has 1 aliphatic rings.